The number of halogens is 1. The van der Waals surface area contributed by atoms with Crippen LogP contribution >= 0.6 is 0 Å². The summed E-state index contributed by atoms with van der Waals surface area (Å²) in [6.07, 6.45) is 3.74. The van der Waals surface area contributed by atoms with Crippen LogP contribution in [0.15, 0.2) is 41.4 Å². The number of aliphatic imine (C=N–C) groups is 1. The van der Waals surface area contributed by atoms with E-state index >= 15 is 0 Å². The van der Waals surface area contributed by atoms with Gasteiger partial charge in [-0.1, -0.05) is 18.2 Å². The van der Waals surface area contributed by atoms with E-state index < -0.39 is 0 Å². The third-order valence-electron chi connectivity index (χ3n) is 1.69. The van der Waals surface area contributed by atoms with E-state index in [2.05, 4.69) is 4.99 Å². The highest BCUT2D eigenvalue weighted by molar-refractivity contribution is 6.08. The van der Waals surface area contributed by atoms with Crippen LogP contribution in [-0.2, 0) is 0 Å². The van der Waals surface area contributed by atoms with E-state index in [9.17, 15) is 4.39 Å². The van der Waals surface area contributed by atoms with Crippen LogP contribution in [0.3, 0.4) is 0 Å². The van der Waals surface area contributed by atoms with Crippen molar-refractivity contribution in [1.29, 1.82) is 0 Å². The Balaban J connectivity index is 3.06. The van der Waals surface area contributed by atoms with Crippen molar-refractivity contribution in [2.45, 2.75) is 6.92 Å². The molecular formula is C11H12FN. The fourth-order valence-corrected chi connectivity index (χ4v) is 1.11. The minimum absolute atomic E-state index is 0.233. The van der Waals surface area contributed by atoms with Gasteiger partial charge in [-0.3, -0.25) is 4.99 Å². The van der Waals surface area contributed by atoms with Crippen molar-refractivity contribution in [3.8, 4) is 0 Å². The van der Waals surface area contributed by atoms with Crippen LogP contribution in [0.5, 0.6) is 0 Å². The number of hydrogen-bond donors (Lipinski definition) is 0. The summed E-state index contributed by atoms with van der Waals surface area (Å²) in [6, 6.07) is 6.42. The topological polar surface area (TPSA) is 12.4 Å². The Morgan fingerprint density at radius 2 is 2.23 bits per heavy atom. The molecule has 0 fully saturated rings. The van der Waals surface area contributed by atoms with Crippen LogP contribution in [-0.4, -0.2) is 12.8 Å². The first-order valence-electron chi connectivity index (χ1n) is 4.13. The van der Waals surface area contributed by atoms with Gasteiger partial charge in [-0.15, -0.1) is 0 Å². The van der Waals surface area contributed by atoms with Crippen molar-refractivity contribution in [3.05, 3.63) is 47.8 Å². The van der Waals surface area contributed by atoms with Gasteiger partial charge in [0.25, 0.3) is 0 Å². The van der Waals surface area contributed by atoms with Crippen LogP contribution in [0, 0.1) is 5.82 Å². The maximum Gasteiger partial charge on any atom is 0.123 e. The molecule has 0 saturated carbocycles. The first-order valence-corrected chi connectivity index (χ1v) is 4.13. The highest BCUT2D eigenvalue weighted by atomic mass is 19.1. The summed E-state index contributed by atoms with van der Waals surface area (Å²) in [4.78, 5) is 4.05. The molecule has 0 N–H and O–H groups in total. The van der Waals surface area contributed by atoms with E-state index in [1.807, 2.05) is 25.1 Å². The van der Waals surface area contributed by atoms with Gasteiger partial charge in [0.15, 0.2) is 0 Å². The predicted molar refractivity (Wildman–Crippen MR) is 53.7 cm³/mol. The van der Waals surface area contributed by atoms with Crippen molar-refractivity contribution < 1.29 is 4.39 Å². The number of nitrogens with zero attached hydrogens (tertiary/aromatic N) is 1. The lowest BCUT2D eigenvalue weighted by Crippen LogP contribution is -1.96. The lowest BCUT2D eigenvalue weighted by molar-refractivity contribution is 0.627. The first kappa shape index (κ1) is 9.65. The van der Waals surface area contributed by atoms with E-state index in [-0.39, 0.29) is 5.82 Å². The second-order valence-electron chi connectivity index (χ2n) is 2.62. The van der Waals surface area contributed by atoms with Crippen molar-refractivity contribution in [3.63, 3.8) is 0 Å². The Labute approximate surface area is 77.6 Å². The van der Waals surface area contributed by atoms with Crippen molar-refractivity contribution >= 4 is 5.71 Å². The lowest BCUT2D eigenvalue weighted by Gasteiger charge is -1.99. The van der Waals surface area contributed by atoms with E-state index in [0.29, 0.717) is 0 Å². The Bertz CT molecular complexity index is 340. The molecule has 1 nitrogen and oxygen atoms in total. The van der Waals surface area contributed by atoms with Crippen LogP contribution in [0.4, 0.5) is 4.39 Å². The molecule has 0 amide bonds. The summed E-state index contributed by atoms with van der Waals surface area (Å²) in [5, 5.41) is 0. The van der Waals surface area contributed by atoms with Crippen molar-refractivity contribution in [2.75, 3.05) is 7.05 Å². The molecule has 0 aliphatic rings. The molecule has 68 valence electrons. The summed E-state index contributed by atoms with van der Waals surface area (Å²) >= 11 is 0. The highest BCUT2D eigenvalue weighted by Gasteiger charge is 1.98. The Morgan fingerprint density at radius 3 is 2.77 bits per heavy atom. The number of allylic oxidation sites excluding steroid dienone is 2. The molecule has 13 heavy (non-hydrogen) atoms. The van der Waals surface area contributed by atoms with Gasteiger partial charge in [-0.05, 0) is 25.1 Å². The van der Waals surface area contributed by atoms with Gasteiger partial charge in [0.05, 0.1) is 5.71 Å². The zero-order valence-electron chi connectivity index (χ0n) is 7.79. The standard InChI is InChI=1S/C11H12FN/c1-3-5-11(13-2)9-6-4-7-10(12)8-9/h3-8H,1-2H3/b5-3+,13-11?. The summed E-state index contributed by atoms with van der Waals surface area (Å²) in [5.74, 6) is -0.233. The number of benzene rings is 1. The van der Waals surface area contributed by atoms with Crippen LogP contribution < -0.4 is 0 Å². The molecule has 0 heterocycles. The van der Waals surface area contributed by atoms with Gasteiger partial charge < -0.3 is 0 Å². The van der Waals surface area contributed by atoms with Gasteiger partial charge in [-0.25, -0.2) is 4.39 Å². The third-order valence-corrected chi connectivity index (χ3v) is 1.69. The average molecular weight is 177 g/mol. The molecule has 0 saturated heterocycles. The highest BCUT2D eigenvalue weighted by Crippen LogP contribution is 2.05. The summed E-state index contributed by atoms with van der Waals surface area (Å²) in [5.41, 5.74) is 1.60. The van der Waals surface area contributed by atoms with E-state index in [4.69, 9.17) is 0 Å². The summed E-state index contributed by atoms with van der Waals surface area (Å²) in [7, 11) is 1.69. The maximum atomic E-state index is 12.8. The molecule has 0 aliphatic carbocycles. The molecule has 1 aromatic carbocycles. The van der Waals surface area contributed by atoms with Gasteiger partial charge in [-0.2, -0.15) is 0 Å². The molecule has 0 unspecified atom stereocenters. The van der Waals surface area contributed by atoms with E-state index in [1.54, 1.807) is 13.1 Å². The molecule has 1 aromatic rings. The van der Waals surface area contributed by atoms with Gasteiger partial charge in [0.1, 0.15) is 5.82 Å². The minimum atomic E-state index is -0.233. The number of hydrogen-bond acceptors (Lipinski definition) is 1. The van der Waals surface area contributed by atoms with Crippen LogP contribution in [0.25, 0.3) is 0 Å². The quantitative estimate of drug-likeness (QED) is 0.616. The monoisotopic (exact) mass is 177 g/mol. The van der Waals surface area contributed by atoms with Gasteiger partial charge in [0.2, 0.25) is 0 Å². The average Bonchev–Trinajstić information content (AvgIpc) is 2.14. The zero-order chi connectivity index (χ0) is 9.68. The molecule has 1 rings (SSSR count). The summed E-state index contributed by atoms with van der Waals surface area (Å²) in [6.45, 7) is 1.91. The summed E-state index contributed by atoms with van der Waals surface area (Å²) < 4.78 is 12.8. The molecule has 0 aliphatic heterocycles. The molecule has 0 bridgehead atoms. The number of rotatable bonds is 2. The molecule has 0 radical (unpaired) electrons. The van der Waals surface area contributed by atoms with Gasteiger partial charge in [0, 0.05) is 12.6 Å². The maximum absolute atomic E-state index is 12.8. The smallest absolute Gasteiger partial charge is 0.123 e. The predicted octanol–water partition coefficient (Wildman–Crippen LogP) is 2.82. The fraction of sp³-hybridized carbons (Fsp3) is 0.182. The van der Waals surface area contributed by atoms with E-state index in [1.165, 1.54) is 12.1 Å². The Kier molecular flexibility index (Phi) is 3.38. The molecule has 0 spiro atoms. The van der Waals surface area contributed by atoms with Crippen molar-refractivity contribution in [1.82, 2.24) is 0 Å². The normalized spacial score (nSPS) is 12.4. The minimum Gasteiger partial charge on any atom is -0.288 e. The third kappa shape index (κ3) is 2.51. The zero-order valence-corrected chi connectivity index (χ0v) is 7.79. The van der Waals surface area contributed by atoms with Crippen LogP contribution in [0.1, 0.15) is 12.5 Å². The lowest BCUT2D eigenvalue weighted by atomic mass is 10.1. The van der Waals surface area contributed by atoms with Crippen LogP contribution in [0.2, 0.25) is 0 Å². The Hall–Kier alpha value is -1.44. The molecule has 0 atom stereocenters. The molecule has 0 aromatic heterocycles. The fourth-order valence-electron chi connectivity index (χ4n) is 1.11. The van der Waals surface area contributed by atoms with E-state index in [0.717, 1.165) is 11.3 Å². The molecular weight excluding hydrogens is 165 g/mol. The largest absolute Gasteiger partial charge is 0.288 e. The SMILES string of the molecule is C/C=C/C(=NC)c1cccc(F)c1. The second-order valence-corrected chi connectivity index (χ2v) is 2.62. The Morgan fingerprint density at radius 1 is 1.46 bits per heavy atom. The molecule has 2 heteroatoms. The first-order chi connectivity index (χ1) is 6.27. The van der Waals surface area contributed by atoms with Crippen molar-refractivity contribution in [2.24, 2.45) is 4.99 Å². The second kappa shape index (κ2) is 4.55. The van der Waals surface area contributed by atoms with Gasteiger partial charge >= 0.3 is 0 Å².